The number of guanidine groups is 1. The van der Waals surface area contributed by atoms with Gasteiger partial charge in [-0.15, -0.1) is 34.2 Å². The Balaban J connectivity index is 0.00000225. The van der Waals surface area contributed by atoms with E-state index in [1.54, 1.807) is 23.1 Å². The fourth-order valence-electron chi connectivity index (χ4n) is 2.48. The zero-order valence-corrected chi connectivity index (χ0v) is 18.5. The van der Waals surface area contributed by atoms with E-state index in [1.165, 1.54) is 5.69 Å². The van der Waals surface area contributed by atoms with Crippen LogP contribution in [0.2, 0.25) is 5.02 Å². The Hall–Kier alpha value is -0.780. The minimum atomic E-state index is 0. The normalized spacial score (nSPS) is 15.2. The third-order valence-electron chi connectivity index (χ3n) is 3.79. The quantitative estimate of drug-likeness (QED) is 0.295. The lowest BCUT2D eigenvalue weighted by atomic mass is 10.2. The molecule has 2 aromatic rings. The Morgan fingerprint density at radius 3 is 2.52 bits per heavy atom. The van der Waals surface area contributed by atoms with E-state index in [0.29, 0.717) is 12.5 Å². The number of benzene rings is 1. The standard InChI is InChI=1S/C15H19ClN6S2.HI/c1-23-15-20-19-13(24-15)10-18-14(17)22-8-6-21(7-9-22)12-4-2-11(16)3-5-12;/h2-5H,6-10H2,1H3,(H2,17,18);1H. The fraction of sp³-hybridized carbons (Fsp3) is 0.400. The lowest BCUT2D eigenvalue weighted by molar-refractivity contribution is 0.380. The zero-order chi connectivity index (χ0) is 16.9. The summed E-state index contributed by atoms with van der Waals surface area (Å²) in [5, 5.41) is 9.83. The van der Waals surface area contributed by atoms with Crippen molar-refractivity contribution in [2.45, 2.75) is 10.9 Å². The Kier molecular flexibility index (Phi) is 8.04. The first-order chi connectivity index (χ1) is 11.7. The molecule has 25 heavy (non-hydrogen) atoms. The highest BCUT2D eigenvalue weighted by atomic mass is 127. The Bertz CT molecular complexity index is 700. The summed E-state index contributed by atoms with van der Waals surface area (Å²) >= 11 is 9.10. The highest BCUT2D eigenvalue weighted by Crippen LogP contribution is 2.21. The third-order valence-corrected chi connectivity index (χ3v) is 5.93. The topological polar surface area (TPSA) is 70.6 Å². The van der Waals surface area contributed by atoms with Gasteiger partial charge in [0.15, 0.2) is 10.3 Å². The van der Waals surface area contributed by atoms with Crippen molar-refractivity contribution in [2.24, 2.45) is 10.7 Å². The van der Waals surface area contributed by atoms with Gasteiger partial charge in [0.25, 0.3) is 0 Å². The number of aliphatic imine (C=N–C) groups is 1. The van der Waals surface area contributed by atoms with Gasteiger partial charge in [0, 0.05) is 36.9 Å². The SMILES string of the molecule is CSc1nnc(CN=C(N)N2CCN(c3ccc(Cl)cc3)CC2)s1.I. The van der Waals surface area contributed by atoms with E-state index < -0.39 is 0 Å². The maximum atomic E-state index is 6.13. The van der Waals surface area contributed by atoms with Gasteiger partial charge < -0.3 is 15.5 Å². The lowest BCUT2D eigenvalue weighted by Gasteiger charge is -2.36. The summed E-state index contributed by atoms with van der Waals surface area (Å²) in [5.41, 5.74) is 7.32. The molecule has 0 aliphatic carbocycles. The van der Waals surface area contributed by atoms with Crippen LogP contribution in [0.4, 0.5) is 5.69 Å². The van der Waals surface area contributed by atoms with Gasteiger partial charge in [-0.3, -0.25) is 0 Å². The molecule has 0 unspecified atom stereocenters. The van der Waals surface area contributed by atoms with Gasteiger partial charge in [-0.25, -0.2) is 4.99 Å². The molecular weight excluding hydrogens is 491 g/mol. The highest BCUT2D eigenvalue weighted by molar-refractivity contribution is 14.0. The van der Waals surface area contributed by atoms with Gasteiger partial charge in [-0.05, 0) is 30.5 Å². The second-order valence-electron chi connectivity index (χ2n) is 5.29. The first-order valence-electron chi connectivity index (χ1n) is 7.57. The van der Waals surface area contributed by atoms with E-state index in [9.17, 15) is 0 Å². The molecule has 0 spiro atoms. The number of halogens is 2. The van der Waals surface area contributed by atoms with Gasteiger partial charge in [0.2, 0.25) is 0 Å². The lowest BCUT2D eigenvalue weighted by Crippen LogP contribution is -2.51. The van der Waals surface area contributed by atoms with Crippen molar-refractivity contribution in [3.63, 3.8) is 0 Å². The van der Waals surface area contributed by atoms with E-state index >= 15 is 0 Å². The molecular formula is C15H20ClIN6S2. The molecule has 2 heterocycles. The van der Waals surface area contributed by atoms with Gasteiger partial charge in [-0.1, -0.05) is 34.7 Å². The number of anilines is 1. The van der Waals surface area contributed by atoms with Crippen molar-refractivity contribution >= 4 is 70.3 Å². The van der Waals surface area contributed by atoms with Crippen LogP contribution in [-0.4, -0.2) is 53.5 Å². The number of rotatable bonds is 4. The first kappa shape index (κ1) is 20.5. The molecule has 0 radical (unpaired) electrons. The van der Waals surface area contributed by atoms with Gasteiger partial charge >= 0.3 is 0 Å². The predicted octanol–water partition coefficient (Wildman–Crippen LogP) is 3.17. The molecule has 10 heteroatoms. The number of thioether (sulfide) groups is 1. The van der Waals surface area contributed by atoms with Crippen molar-refractivity contribution in [3.8, 4) is 0 Å². The van der Waals surface area contributed by atoms with Gasteiger partial charge in [-0.2, -0.15) is 0 Å². The smallest absolute Gasteiger partial charge is 0.191 e. The minimum Gasteiger partial charge on any atom is -0.370 e. The third kappa shape index (κ3) is 5.60. The van der Waals surface area contributed by atoms with Crippen molar-refractivity contribution in [3.05, 3.63) is 34.3 Å². The molecule has 3 rings (SSSR count). The van der Waals surface area contributed by atoms with Crippen LogP contribution >= 0.6 is 58.7 Å². The van der Waals surface area contributed by atoms with Crippen LogP contribution in [0.5, 0.6) is 0 Å². The molecule has 6 nitrogen and oxygen atoms in total. The summed E-state index contributed by atoms with van der Waals surface area (Å²) in [6.45, 7) is 4.01. The zero-order valence-electron chi connectivity index (χ0n) is 13.8. The molecule has 1 saturated heterocycles. The van der Waals surface area contributed by atoms with Crippen LogP contribution in [0.15, 0.2) is 33.6 Å². The van der Waals surface area contributed by atoms with E-state index in [4.69, 9.17) is 17.3 Å². The molecule has 0 saturated carbocycles. The molecule has 1 fully saturated rings. The summed E-state index contributed by atoms with van der Waals surface area (Å²) in [4.78, 5) is 8.90. The minimum absolute atomic E-state index is 0. The van der Waals surface area contributed by atoms with E-state index in [2.05, 4.69) is 25.0 Å². The van der Waals surface area contributed by atoms with Crippen LogP contribution < -0.4 is 10.6 Å². The second-order valence-corrected chi connectivity index (χ2v) is 7.84. The van der Waals surface area contributed by atoms with E-state index in [0.717, 1.165) is 40.5 Å². The maximum absolute atomic E-state index is 6.13. The summed E-state index contributed by atoms with van der Waals surface area (Å²) < 4.78 is 0.954. The first-order valence-corrected chi connectivity index (χ1v) is 9.99. The number of nitrogens with two attached hydrogens (primary N) is 1. The van der Waals surface area contributed by atoms with E-state index in [1.807, 2.05) is 30.5 Å². The van der Waals surface area contributed by atoms with Crippen LogP contribution in [0.25, 0.3) is 0 Å². The van der Waals surface area contributed by atoms with Crippen LogP contribution in [0, 0.1) is 0 Å². The van der Waals surface area contributed by atoms with Crippen LogP contribution in [0.1, 0.15) is 5.01 Å². The second kappa shape index (κ2) is 9.79. The summed E-state index contributed by atoms with van der Waals surface area (Å²) in [6, 6.07) is 7.94. The van der Waals surface area contributed by atoms with Crippen LogP contribution in [-0.2, 0) is 6.54 Å². The Morgan fingerprint density at radius 1 is 1.24 bits per heavy atom. The fourth-order valence-corrected chi connectivity index (χ4v) is 3.84. The molecule has 1 aromatic carbocycles. The van der Waals surface area contributed by atoms with E-state index in [-0.39, 0.29) is 24.0 Å². The average molecular weight is 511 g/mol. The number of hydrogen-bond donors (Lipinski definition) is 1. The highest BCUT2D eigenvalue weighted by Gasteiger charge is 2.18. The molecule has 136 valence electrons. The van der Waals surface area contributed by atoms with Crippen molar-refractivity contribution in [1.82, 2.24) is 15.1 Å². The molecule has 0 amide bonds. The van der Waals surface area contributed by atoms with Crippen molar-refractivity contribution in [2.75, 3.05) is 37.3 Å². The molecule has 0 bridgehead atoms. The largest absolute Gasteiger partial charge is 0.370 e. The van der Waals surface area contributed by atoms with Crippen molar-refractivity contribution < 1.29 is 0 Å². The number of piperazine rings is 1. The number of hydrogen-bond acceptors (Lipinski definition) is 6. The number of aromatic nitrogens is 2. The predicted molar refractivity (Wildman–Crippen MR) is 118 cm³/mol. The molecule has 2 N–H and O–H groups in total. The number of nitrogens with zero attached hydrogens (tertiary/aromatic N) is 5. The Morgan fingerprint density at radius 2 is 1.92 bits per heavy atom. The van der Waals surface area contributed by atoms with Crippen LogP contribution in [0.3, 0.4) is 0 Å². The molecule has 1 aliphatic rings. The van der Waals surface area contributed by atoms with Gasteiger partial charge in [0.1, 0.15) is 5.01 Å². The summed E-state index contributed by atoms with van der Waals surface area (Å²) in [5.74, 6) is 0.576. The monoisotopic (exact) mass is 510 g/mol. The maximum Gasteiger partial charge on any atom is 0.191 e. The summed E-state index contributed by atoms with van der Waals surface area (Å²) in [7, 11) is 0. The summed E-state index contributed by atoms with van der Waals surface area (Å²) in [6.07, 6.45) is 1.99. The molecule has 0 atom stereocenters. The molecule has 1 aromatic heterocycles. The van der Waals surface area contributed by atoms with Gasteiger partial charge in [0.05, 0.1) is 6.54 Å². The average Bonchev–Trinajstić information content (AvgIpc) is 3.09. The Labute approximate surface area is 177 Å². The molecule has 1 aliphatic heterocycles. The van der Waals surface area contributed by atoms with Crippen molar-refractivity contribution in [1.29, 1.82) is 0 Å².